The fourth-order valence-corrected chi connectivity index (χ4v) is 4.48. The lowest BCUT2D eigenvalue weighted by Crippen LogP contribution is -2.45. The third kappa shape index (κ3) is 5.99. The predicted octanol–water partition coefficient (Wildman–Crippen LogP) is -0.138. The molecule has 2 saturated heterocycles. The van der Waals surface area contributed by atoms with Gasteiger partial charge in [-0.3, -0.25) is 9.69 Å². The van der Waals surface area contributed by atoms with Crippen molar-refractivity contribution in [3.05, 3.63) is 29.8 Å². The van der Waals surface area contributed by atoms with Crippen molar-refractivity contribution in [3.63, 3.8) is 0 Å². The van der Waals surface area contributed by atoms with E-state index in [1.54, 1.807) is 31.2 Å². The molecular weight excluding hydrogens is 394 g/mol. The first kappa shape index (κ1) is 22.2. The van der Waals surface area contributed by atoms with E-state index < -0.39 is 15.9 Å². The Balaban J connectivity index is 1.47. The number of aliphatic hydroxyl groups excluding tert-OH is 1. The highest BCUT2D eigenvalue weighted by Crippen LogP contribution is 2.18. The van der Waals surface area contributed by atoms with Crippen molar-refractivity contribution in [2.75, 3.05) is 45.6 Å². The summed E-state index contributed by atoms with van der Waals surface area (Å²) >= 11 is 0. The molecule has 0 bridgehead atoms. The Bertz CT molecular complexity index is 799. The standard InChI is InChI=1S/C20H31N3O5S/c1-15(24)23-9-3-8-22(10-11-23)13-19-20(25)18(14-28-19)21-12-16-4-6-17(7-5-16)29(2,26)27/h4-7,18-21,25H,3,8-14H2,1-2H3/t18-,19-,20+/m0/s1. The predicted molar refractivity (Wildman–Crippen MR) is 109 cm³/mol. The molecule has 0 aromatic heterocycles. The van der Waals surface area contributed by atoms with Crippen LogP contribution in [0.3, 0.4) is 0 Å². The molecule has 2 fully saturated rings. The summed E-state index contributed by atoms with van der Waals surface area (Å²) in [4.78, 5) is 16.0. The number of ether oxygens (including phenoxy) is 1. The van der Waals surface area contributed by atoms with Crippen molar-refractivity contribution in [2.45, 2.75) is 43.0 Å². The maximum absolute atomic E-state index is 11.6. The number of nitrogens with one attached hydrogen (secondary N) is 1. The number of rotatable bonds is 6. The van der Waals surface area contributed by atoms with Crippen molar-refractivity contribution < 1.29 is 23.1 Å². The van der Waals surface area contributed by atoms with Crippen LogP contribution in [0, 0.1) is 0 Å². The maximum atomic E-state index is 11.6. The molecule has 0 unspecified atom stereocenters. The molecule has 0 aliphatic carbocycles. The first-order chi connectivity index (χ1) is 13.7. The molecule has 1 aromatic rings. The number of benzene rings is 1. The second-order valence-corrected chi connectivity index (χ2v) is 9.94. The minimum atomic E-state index is -3.20. The van der Waals surface area contributed by atoms with Gasteiger partial charge in [-0.25, -0.2) is 8.42 Å². The first-order valence-corrected chi connectivity index (χ1v) is 11.9. The van der Waals surface area contributed by atoms with Crippen LogP contribution in [0.2, 0.25) is 0 Å². The molecule has 2 aliphatic heterocycles. The largest absolute Gasteiger partial charge is 0.389 e. The zero-order valence-electron chi connectivity index (χ0n) is 17.1. The van der Waals surface area contributed by atoms with Gasteiger partial charge in [-0.1, -0.05) is 12.1 Å². The molecule has 1 amide bonds. The van der Waals surface area contributed by atoms with Crippen molar-refractivity contribution in [2.24, 2.45) is 0 Å². The highest BCUT2D eigenvalue weighted by molar-refractivity contribution is 7.90. The van der Waals surface area contributed by atoms with Gasteiger partial charge in [-0.15, -0.1) is 0 Å². The Labute approximate surface area is 172 Å². The van der Waals surface area contributed by atoms with Crippen LogP contribution < -0.4 is 5.32 Å². The van der Waals surface area contributed by atoms with E-state index >= 15 is 0 Å². The monoisotopic (exact) mass is 425 g/mol. The van der Waals surface area contributed by atoms with Gasteiger partial charge in [-0.2, -0.15) is 0 Å². The Morgan fingerprint density at radius 2 is 1.93 bits per heavy atom. The number of hydrogen-bond acceptors (Lipinski definition) is 7. The van der Waals surface area contributed by atoms with E-state index in [0.717, 1.165) is 31.6 Å². The second-order valence-electron chi connectivity index (χ2n) is 7.93. The van der Waals surface area contributed by atoms with Gasteiger partial charge in [0, 0.05) is 45.9 Å². The molecule has 29 heavy (non-hydrogen) atoms. The van der Waals surface area contributed by atoms with Gasteiger partial charge in [0.25, 0.3) is 0 Å². The lowest BCUT2D eigenvalue weighted by atomic mass is 10.1. The third-order valence-corrected chi connectivity index (χ3v) is 6.80. The number of amides is 1. The van der Waals surface area contributed by atoms with E-state index in [1.807, 2.05) is 4.90 Å². The van der Waals surface area contributed by atoms with Crippen LogP contribution >= 0.6 is 0 Å². The van der Waals surface area contributed by atoms with Crippen LogP contribution in [0.25, 0.3) is 0 Å². The number of carbonyl (C=O) groups excluding carboxylic acids is 1. The van der Waals surface area contributed by atoms with Crippen LogP contribution in [0.15, 0.2) is 29.2 Å². The number of hydrogen-bond donors (Lipinski definition) is 2. The van der Waals surface area contributed by atoms with Gasteiger partial charge in [0.1, 0.15) is 0 Å². The van der Waals surface area contributed by atoms with Crippen molar-refractivity contribution in [1.29, 1.82) is 0 Å². The van der Waals surface area contributed by atoms with Crippen LogP contribution in [-0.2, 0) is 25.9 Å². The first-order valence-electron chi connectivity index (χ1n) is 10.0. The summed E-state index contributed by atoms with van der Waals surface area (Å²) in [5.41, 5.74) is 0.949. The molecule has 8 nitrogen and oxygen atoms in total. The summed E-state index contributed by atoms with van der Waals surface area (Å²) < 4.78 is 28.9. The fraction of sp³-hybridized carbons (Fsp3) is 0.650. The van der Waals surface area contributed by atoms with Crippen LogP contribution in [0.1, 0.15) is 18.9 Å². The summed E-state index contributed by atoms with van der Waals surface area (Å²) in [7, 11) is -3.20. The van der Waals surface area contributed by atoms with E-state index in [9.17, 15) is 18.3 Å². The van der Waals surface area contributed by atoms with E-state index in [-0.39, 0.29) is 18.1 Å². The molecule has 3 atom stereocenters. The van der Waals surface area contributed by atoms with Gasteiger partial charge in [0.05, 0.1) is 29.8 Å². The number of aliphatic hydroxyl groups is 1. The van der Waals surface area contributed by atoms with Gasteiger partial charge in [0.15, 0.2) is 9.84 Å². The fourth-order valence-electron chi connectivity index (χ4n) is 3.85. The molecule has 162 valence electrons. The average Bonchev–Trinajstić information content (AvgIpc) is 2.87. The lowest BCUT2D eigenvalue weighted by Gasteiger charge is -2.26. The normalized spacial score (nSPS) is 26.4. The molecule has 1 aromatic carbocycles. The summed E-state index contributed by atoms with van der Waals surface area (Å²) in [5, 5.41) is 14.0. The SMILES string of the molecule is CC(=O)N1CCCN(C[C@@H]2OC[C@H](NCc3ccc(S(C)(=O)=O)cc3)[C@H]2O)CC1. The van der Waals surface area contributed by atoms with E-state index in [0.29, 0.717) is 31.1 Å². The summed E-state index contributed by atoms with van der Waals surface area (Å²) in [6.07, 6.45) is 1.24. The number of carbonyl (C=O) groups is 1. The van der Waals surface area contributed by atoms with Gasteiger partial charge in [0.2, 0.25) is 5.91 Å². The molecule has 2 aliphatic rings. The summed E-state index contributed by atoms with van der Waals surface area (Å²) in [6.45, 7) is 6.38. The molecule has 3 rings (SSSR count). The molecule has 0 radical (unpaired) electrons. The van der Waals surface area contributed by atoms with E-state index in [2.05, 4.69) is 10.2 Å². The smallest absolute Gasteiger partial charge is 0.219 e. The summed E-state index contributed by atoms with van der Waals surface area (Å²) in [6, 6.07) is 6.58. The Hall–Kier alpha value is -1.52. The molecule has 0 spiro atoms. The van der Waals surface area contributed by atoms with Crippen molar-refractivity contribution in [3.8, 4) is 0 Å². The number of nitrogens with zero attached hydrogens (tertiary/aromatic N) is 2. The maximum Gasteiger partial charge on any atom is 0.219 e. The topological polar surface area (TPSA) is 99.2 Å². The molecular formula is C20H31N3O5S. The molecule has 0 saturated carbocycles. The van der Waals surface area contributed by atoms with Crippen LogP contribution in [-0.4, -0.2) is 93.1 Å². The minimum absolute atomic E-state index is 0.109. The van der Waals surface area contributed by atoms with Crippen LogP contribution in [0.4, 0.5) is 0 Å². The Morgan fingerprint density at radius 3 is 2.59 bits per heavy atom. The average molecular weight is 426 g/mol. The van der Waals surface area contributed by atoms with Crippen molar-refractivity contribution >= 4 is 15.7 Å². The lowest BCUT2D eigenvalue weighted by molar-refractivity contribution is -0.128. The zero-order valence-corrected chi connectivity index (χ0v) is 17.9. The Morgan fingerprint density at radius 1 is 1.21 bits per heavy atom. The molecule has 2 heterocycles. The van der Waals surface area contributed by atoms with Gasteiger partial charge < -0.3 is 20.1 Å². The summed E-state index contributed by atoms with van der Waals surface area (Å²) in [5.74, 6) is 0.109. The second kappa shape index (κ2) is 9.53. The molecule has 2 N–H and O–H groups in total. The Kier molecular flexibility index (Phi) is 7.28. The highest BCUT2D eigenvalue weighted by atomic mass is 32.2. The van der Waals surface area contributed by atoms with Gasteiger partial charge in [-0.05, 0) is 30.7 Å². The molecule has 9 heteroatoms. The minimum Gasteiger partial charge on any atom is -0.389 e. The highest BCUT2D eigenvalue weighted by Gasteiger charge is 2.36. The van der Waals surface area contributed by atoms with Crippen molar-refractivity contribution in [1.82, 2.24) is 15.1 Å². The van der Waals surface area contributed by atoms with Crippen LogP contribution in [0.5, 0.6) is 0 Å². The third-order valence-electron chi connectivity index (χ3n) is 5.67. The van der Waals surface area contributed by atoms with E-state index in [1.165, 1.54) is 6.26 Å². The quantitative estimate of drug-likeness (QED) is 0.655. The van der Waals surface area contributed by atoms with Gasteiger partial charge >= 0.3 is 0 Å². The zero-order chi connectivity index (χ0) is 21.0. The van der Waals surface area contributed by atoms with E-state index in [4.69, 9.17) is 4.74 Å². The number of sulfone groups is 1.